The molecule has 0 bridgehead atoms. The minimum atomic E-state index is -2.78. The third kappa shape index (κ3) is 5.98. The fourth-order valence-corrected chi connectivity index (χ4v) is 4.96. The normalized spacial score (nSPS) is 11.2. The van der Waals surface area contributed by atoms with Crippen molar-refractivity contribution in [1.82, 2.24) is 14.8 Å². The molecule has 0 atom stereocenters. The van der Waals surface area contributed by atoms with Crippen LogP contribution in [-0.4, -0.2) is 27.7 Å². The molecule has 2 aromatic heterocycles. The molecule has 0 radical (unpaired) electrons. The lowest BCUT2D eigenvalue weighted by molar-refractivity contribution is 0.104. The predicted octanol–water partition coefficient (Wildman–Crippen LogP) is 6.80. The van der Waals surface area contributed by atoms with Gasteiger partial charge < -0.3 is 4.74 Å². The molecule has 0 aliphatic rings. The van der Waals surface area contributed by atoms with Gasteiger partial charge in [-0.1, -0.05) is 42.5 Å². The molecule has 0 fully saturated rings. The van der Waals surface area contributed by atoms with E-state index in [0.29, 0.717) is 33.9 Å². The van der Waals surface area contributed by atoms with Crippen molar-refractivity contribution in [3.05, 3.63) is 101 Å². The van der Waals surface area contributed by atoms with E-state index >= 15 is 0 Å². The summed E-state index contributed by atoms with van der Waals surface area (Å²) >= 11 is 1.18. The maximum Gasteiger partial charge on any atom is 0.280 e. The molecular weight excluding hydrogens is 506 g/mol. The number of thioether (sulfide) groups is 1. The molecule has 0 N–H and O–H groups in total. The largest absolute Gasteiger partial charge is 0.496 e. The number of pyridine rings is 1. The maximum absolute atomic E-state index is 13.7. The van der Waals surface area contributed by atoms with Crippen LogP contribution in [0.2, 0.25) is 0 Å². The third-order valence-electron chi connectivity index (χ3n) is 5.80. The summed E-state index contributed by atoms with van der Waals surface area (Å²) in [6, 6.07) is 17.8. The number of nitrogens with zero attached hydrogens (tertiary/aromatic N) is 4. The highest BCUT2D eigenvalue weighted by Gasteiger charge is 2.20. The quantitative estimate of drug-likeness (QED) is 0.135. The Bertz CT molecular complexity index is 1540. The summed E-state index contributed by atoms with van der Waals surface area (Å²) in [5.41, 5.74) is 3.61. The van der Waals surface area contributed by atoms with Gasteiger partial charge in [0.1, 0.15) is 22.5 Å². The summed E-state index contributed by atoms with van der Waals surface area (Å²) < 4.78 is 34.5. The van der Waals surface area contributed by atoms with Crippen LogP contribution >= 0.6 is 11.8 Å². The average molecular weight is 531 g/mol. The summed E-state index contributed by atoms with van der Waals surface area (Å²) in [4.78, 5) is 16.7. The lowest BCUT2D eigenvalue weighted by Crippen LogP contribution is -2.00. The number of benzene rings is 2. The number of hydrogen-bond acceptors (Lipinski definition) is 6. The van der Waals surface area contributed by atoms with Gasteiger partial charge in [0, 0.05) is 30.1 Å². The van der Waals surface area contributed by atoms with Gasteiger partial charge in [-0.2, -0.15) is 10.4 Å². The van der Waals surface area contributed by atoms with Crippen LogP contribution in [0.25, 0.3) is 17.2 Å². The molecule has 4 rings (SSSR count). The van der Waals surface area contributed by atoms with Crippen LogP contribution in [0.4, 0.5) is 8.78 Å². The number of aromatic nitrogens is 3. The monoisotopic (exact) mass is 530 g/mol. The van der Waals surface area contributed by atoms with Crippen molar-refractivity contribution in [3.8, 4) is 22.9 Å². The maximum atomic E-state index is 13.7. The summed E-state index contributed by atoms with van der Waals surface area (Å²) in [5.74, 6) is 0.738. The highest BCUT2D eigenvalue weighted by molar-refractivity contribution is 7.98. The number of hydrogen-bond donors (Lipinski definition) is 0. The molecule has 0 saturated carbocycles. The van der Waals surface area contributed by atoms with Crippen molar-refractivity contribution in [2.24, 2.45) is 7.05 Å². The van der Waals surface area contributed by atoms with Crippen molar-refractivity contribution in [2.75, 3.05) is 7.11 Å². The first kappa shape index (κ1) is 26.8. The molecule has 0 unspecified atom stereocenters. The minimum Gasteiger partial charge on any atom is -0.496 e. The van der Waals surface area contributed by atoms with E-state index in [2.05, 4.69) is 16.2 Å². The Morgan fingerprint density at radius 3 is 2.61 bits per heavy atom. The predicted molar refractivity (Wildman–Crippen MR) is 143 cm³/mol. The molecule has 9 heteroatoms. The first-order valence-corrected chi connectivity index (χ1v) is 12.6. The van der Waals surface area contributed by atoms with Gasteiger partial charge in [0.15, 0.2) is 5.78 Å². The van der Waals surface area contributed by atoms with Crippen molar-refractivity contribution >= 4 is 23.6 Å². The molecule has 6 nitrogen and oxygen atoms in total. The number of nitriles is 1. The first-order chi connectivity index (χ1) is 18.3. The second kappa shape index (κ2) is 11.8. The van der Waals surface area contributed by atoms with Crippen LogP contribution in [0.1, 0.15) is 44.9 Å². The van der Waals surface area contributed by atoms with E-state index in [0.717, 1.165) is 11.1 Å². The Morgan fingerprint density at radius 2 is 1.97 bits per heavy atom. The molecule has 0 aliphatic carbocycles. The van der Waals surface area contributed by atoms with Crippen LogP contribution < -0.4 is 4.74 Å². The molecule has 0 aliphatic heterocycles. The number of carbonyl (C=O) groups excluding carboxylic acids is 1. The zero-order valence-corrected chi connectivity index (χ0v) is 21.8. The van der Waals surface area contributed by atoms with E-state index in [1.165, 1.54) is 31.0 Å². The molecule has 2 aromatic carbocycles. The van der Waals surface area contributed by atoms with Crippen LogP contribution in [0.5, 0.6) is 5.75 Å². The SMILES string of the molecule is COc1ccc(/C=C/C(=O)c2cn(C)nc2C)cc1CSc1nc(C(F)F)cc(-c2ccccc2)c1C#N. The summed E-state index contributed by atoms with van der Waals surface area (Å²) in [7, 11) is 3.30. The summed E-state index contributed by atoms with van der Waals surface area (Å²) in [6.07, 6.45) is 2.08. The Kier molecular flexibility index (Phi) is 8.34. The number of ketones is 1. The van der Waals surface area contributed by atoms with E-state index in [-0.39, 0.29) is 16.4 Å². The second-order valence-electron chi connectivity index (χ2n) is 8.41. The van der Waals surface area contributed by atoms with E-state index in [1.54, 1.807) is 61.3 Å². The zero-order valence-electron chi connectivity index (χ0n) is 21.0. The topological polar surface area (TPSA) is 80.8 Å². The molecule has 0 amide bonds. The number of carbonyl (C=O) groups is 1. The number of aryl methyl sites for hydroxylation is 2. The number of ether oxygens (including phenoxy) is 1. The lowest BCUT2D eigenvalue weighted by atomic mass is 10.0. The van der Waals surface area contributed by atoms with Gasteiger partial charge >= 0.3 is 0 Å². The second-order valence-corrected chi connectivity index (χ2v) is 9.38. The summed E-state index contributed by atoms with van der Waals surface area (Å²) in [6.45, 7) is 1.78. The van der Waals surface area contributed by atoms with Crippen LogP contribution in [-0.2, 0) is 12.8 Å². The van der Waals surface area contributed by atoms with Crippen LogP contribution in [0.3, 0.4) is 0 Å². The van der Waals surface area contributed by atoms with Gasteiger partial charge in [-0.05, 0) is 42.3 Å². The Labute approximate surface area is 223 Å². The molecule has 0 spiro atoms. The van der Waals surface area contributed by atoms with Crippen molar-refractivity contribution in [3.63, 3.8) is 0 Å². The molecule has 192 valence electrons. The lowest BCUT2D eigenvalue weighted by Gasteiger charge is -2.13. The number of alkyl halides is 2. The fourth-order valence-electron chi connectivity index (χ4n) is 3.97. The van der Waals surface area contributed by atoms with Gasteiger partial charge in [-0.25, -0.2) is 13.8 Å². The molecule has 38 heavy (non-hydrogen) atoms. The number of halogens is 2. The Balaban J connectivity index is 1.63. The number of rotatable bonds is 9. The van der Waals surface area contributed by atoms with Crippen molar-refractivity contribution < 1.29 is 18.3 Å². The zero-order chi connectivity index (χ0) is 27.2. The molecular formula is C29H24F2N4O2S. The van der Waals surface area contributed by atoms with Crippen molar-refractivity contribution in [2.45, 2.75) is 24.1 Å². The van der Waals surface area contributed by atoms with Gasteiger partial charge in [0.05, 0.1) is 23.9 Å². The first-order valence-electron chi connectivity index (χ1n) is 11.6. The van der Waals surface area contributed by atoms with E-state index in [9.17, 15) is 18.8 Å². The minimum absolute atomic E-state index is 0.164. The smallest absolute Gasteiger partial charge is 0.280 e. The van der Waals surface area contributed by atoms with Gasteiger partial charge in [0.2, 0.25) is 0 Å². The van der Waals surface area contributed by atoms with Crippen molar-refractivity contribution in [1.29, 1.82) is 5.26 Å². The molecule has 2 heterocycles. The Morgan fingerprint density at radius 1 is 1.21 bits per heavy atom. The van der Waals surface area contributed by atoms with Gasteiger partial charge in [-0.15, -0.1) is 11.8 Å². The Hall–Kier alpha value is -4.29. The number of allylic oxidation sites excluding steroid dienone is 1. The number of methoxy groups -OCH3 is 1. The highest BCUT2D eigenvalue weighted by Crippen LogP contribution is 2.36. The fraction of sp³-hybridized carbons (Fsp3) is 0.172. The standard InChI is InChI=1S/C29H24F2N4O2S/c1-18-24(16-35(2)34-18)26(36)11-9-19-10-12-27(37-3)21(13-19)17-38-29-23(15-32)22(14-25(33-29)28(30)31)20-7-5-4-6-8-20/h4-14,16,28H,17H2,1-3H3/b11-9+. The van der Waals surface area contributed by atoms with E-state index in [4.69, 9.17) is 4.74 Å². The van der Waals surface area contributed by atoms with E-state index in [1.807, 2.05) is 18.2 Å². The highest BCUT2D eigenvalue weighted by atomic mass is 32.2. The third-order valence-corrected chi connectivity index (χ3v) is 6.83. The van der Waals surface area contributed by atoms with Crippen LogP contribution in [0.15, 0.2) is 71.9 Å². The summed E-state index contributed by atoms with van der Waals surface area (Å²) in [5, 5.41) is 14.3. The van der Waals surface area contributed by atoms with Gasteiger partial charge in [0.25, 0.3) is 6.43 Å². The van der Waals surface area contributed by atoms with E-state index < -0.39 is 12.1 Å². The molecule has 0 saturated heterocycles. The van der Waals surface area contributed by atoms with Gasteiger partial charge in [-0.3, -0.25) is 9.48 Å². The van der Waals surface area contributed by atoms with Crippen LogP contribution in [0, 0.1) is 18.3 Å². The molecule has 4 aromatic rings. The average Bonchev–Trinajstić information content (AvgIpc) is 3.27.